The SMILES string of the molecule is CCOCCCC(=O)N1CCc2cc(S(N)(=O)=O)ccc21. The summed E-state index contributed by atoms with van der Waals surface area (Å²) in [6.07, 6.45) is 1.76. The molecule has 0 saturated carbocycles. The Hall–Kier alpha value is -1.44. The number of primary sulfonamides is 1. The molecule has 1 heterocycles. The van der Waals surface area contributed by atoms with Crippen molar-refractivity contribution in [3.05, 3.63) is 23.8 Å². The van der Waals surface area contributed by atoms with Crippen molar-refractivity contribution in [1.82, 2.24) is 0 Å². The molecule has 116 valence electrons. The van der Waals surface area contributed by atoms with Crippen LogP contribution in [0.15, 0.2) is 23.1 Å². The molecule has 0 aliphatic carbocycles. The number of amides is 1. The van der Waals surface area contributed by atoms with Gasteiger partial charge in [0.2, 0.25) is 15.9 Å². The second-order valence-corrected chi connectivity index (χ2v) is 6.49. The van der Waals surface area contributed by atoms with Crippen molar-refractivity contribution in [3.8, 4) is 0 Å². The highest BCUT2D eigenvalue weighted by atomic mass is 32.2. The first kappa shape index (κ1) is 15.9. The Morgan fingerprint density at radius 1 is 1.43 bits per heavy atom. The lowest BCUT2D eigenvalue weighted by Crippen LogP contribution is -2.28. The first-order valence-electron chi connectivity index (χ1n) is 6.97. The van der Waals surface area contributed by atoms with Gasteiger partial charge in [0.05, 0.1) is 4.90 Å². The molecule has 0 fully saturated rings. The van der Waals surface area contributed by atoms with Crippen molar-refractivity contribution in [3.63, 3.8) is 0 Å². The molecule has 6 nitrogen and oxygen atoms in total. The van der Waals surface area contributed by atoms with Crippen molar-refractivity contribution < 1.29 is 17.9 Å². The summed E-state index contributed by atoms with van der Waals surface area (Å²) in [5, 5.41) is 5.12. The topological polar surface area (TPSA) is 89.7 Å². The lowest BCUT2D eigenvalue weighted by Gasteiger charge is -2.17. The summed E-state index contributed by atoms with van der Waals surface area (Å²) < 4.78 is 27.9. The van der Waals surface area contributed by atoms with Gasteiger partial charge in [-0.25, -0.2) is 13.6 Å². The Morgan fingerprint density at radius 3 is 2.86 bits per heavy atom. The second kappa shape index (κ2) is 6.55. The highest BCUT2D eigenvalue weighted by Crippen LogP contribution is 2.30. The molecule has 0 radical (unpaired) electrons. The molecule has 0 saturated heterocycles. The Morgan fingerprint density at radius 2 is 2.19 bits per heavy atom. The third kappa shape index (κ3) is 3.81. The van der Waals surface area contributed by atoms with Gasteiger partial charge in [0.25, 0.3) is 0 Å². The van der Waals surface area contributed by atoms with E-state index in [2.05, 4.69) is 0 Å². The van der Waals surface area contributed by atoms with Crippen LogP contribution in [0, 0.1) is 0 Å². The molecule has 0 bridgehead atoms. The van der Waals surface area contributed by atoms with Gasteiger partial charge < -0.3 is 9.64 Å². The molecular formula is C14H20N2O4S. The van der Waals surface area contributed by atoms with E-state index in [4.69, 9.17) is 9.88 Å². The van der Waals surface area contributed by atoms with Crippen LogP contribution in [0.1, 0.15) is 25.3 Å². The smallest absolute Gasteiger partial charge is 0.238 e. The first-order chi connectivity index (χ1) is 9.93. The third-order valence-electron chi connectivity index (χ3n) is 3.46. The fraction of sp³-hybridized carbons (Fsp3) is 0.500. The first-order valence-corrected chi connectivity index (χ1v) is 8.52. The van der Waals surface area contributed by atoms with Crippen LogP contribution in [-0.2, 0) is 26.0 Å². The highest BCUT2D eigenvalue weighted by molar-refractivity contribution is 7.89. The largest absolute Gasteiger partial charge is 0.382 e. The minimum absolute atomic E-state index is 0.0387. The van der Waals surface area contributed by atoms with Crippen molar-refractivity contribution in [2.75, 3.05) is 24.7 Å². The molecule has 1 aromatic rings. The lowest BCUT2D eigenvalue weighted by molar-refractivity contribution is -0.118. The summed E-state index contributed by atoms with van der Waals surface area (Å²) in [6.45, 7) is 3.73. The number of hydrogen-bond acceptors (Lipinski definition) is 4. The number of benzene rings is 1. The van der Waals surface area contributed by atoms with Gasteiger partial charge >= 0.3 is 0 Å². The van der Waals surface area contributed by atoms with E-state index in [1.54, 1.807) is 17.0 Å². The zero-order valence-corrected chi connectivity index (χ0v) is 12.9. The molecule has 2 rings (SSSR count). The van der Waals surface area contributed by atoms with Crippen LogP contribution in [0.3, 0.4) is 0 Å². The van der Waals surface area contributed by atoms with E-state index >= 15 is 0 Å². The number of carbonyl (C=O) groups excluding carboxylic acids is 1. The Balaban J connectivity index is 2.07. The molecule has 1 aliphatic rings. The predicted octanol–water partition coefficient (Wildman–Crippen LogP) is 1.04. The Labute approximate surface area is 124 Å². The normalized spacial score (nSPS) is 14.3. The zero-order chi connectivity index (χ0) is 15.5. The van der Waals surface area contributed by atoms with Gasteiger partial charge in [-0.1, -0.05) is 0 Å². The fourth-order valence-electron chi connectivity index (χ4n) is 2.42. The summed E-state index contributed by atoms with van der Waals surface area (Å²) >= 11 is 0. The van der Waals surface area contributed by atoms with Gasteiger partial charge in [0, 0.05) is 31.9 Å². The Kier molecular flexibility index (Phi) is 4.97. The molecule has 7 heteroatoms. The summed E-state index contributed by atoms with van der Waals surface area (Å²) in [7, 11) is -3.70. The fourth-order valence-corrected chi connectivity index (χ4v) is 2.98. The average molecular weight is 312 g/mol. The minimum atomic E-state index is -3.70. The predicted molar refractivity (Wildman–Crippen MR) is 79.6 cm³/mol. The summed E-state index contributed by atoms with van der Waals surface area (Å²) in [6, 6.07) is 4.65. The summed E-state index contributed by atoms with van der Waals surface area (Å²) in [4.78, 5) is 14.0. The van der Waals surface area contributed by atoms with Crippen LogP contribution in [0.4, 0.5) is 5.69 Å². The maximum atomic E-state index is 12.2. The summed E-state index contributed by atoms with van der Waals surface area (Å²) in [5.74, 6) is 0.0387. The van der Waals surface area contributed by atoms with Crippen LogP contribution in [0.2, 0.25) is 0 Å². The second-order valence-electron chi connectivity index (χ2n) is 4.93. The quantitative estimate of drug-likeness (QED) is 0.795. The average Bonchev–Trinajstić information content (AvgIpc) is 2.85. The van der Waals surface area contributed by atoms with E-state index in [1.165, 1.54) is 6.07 Å². The molecule has 1 aromatic carbocycles. The Bertz CT molecular complexity index is 628. The highest BCUT2D eigenvalue weighted by Gasteiger charge is 2.25. The third-order valence-corrected chi connectivity index (χ3v) is 4.37. The molecule has 1 amide bonds. The van der Waals surface area contributed by atoms with Gasteiger partial charge in [0.15, 0.2) is 0 Å². The van der Waals surface area contributed by atoms with E-state index in [0.29, 0.717) is 39.0 Å². The maximum Gasteiger partial charge on any atom is 0.238 e. The van der Waals surface area contributed by atoms with Crippen LogP contribution in [0.5, 0.6) is 0 Å². The van der Waals surface area contributed by atoms with Crippen molar-refractivity contribution >= 4 is 21.6 Å². The number of hydrogen-bond donors (Lipinski definition) is 1. The van der Waals surface area contributed by atoms with Gasteiger partial charge in [-0.3, -0.25) is 4.79 Å². The molecule has 0 aromatic heterocycles. The molecule has 0 unspecified atom stereocenters. The summed E-state index contributed by atoms with van der Waals surface area (Å²) in [5.41, 5.74) is 1.63. The van der Waals surface area contributed by atoms with Crippen molar-refractivity contribution in [2.24, 2.45) is 5.14 Å². The molecule has 2 N–H and O–H groups in total. The van der Waals surface area contributed by atoms with E-state index in [0.717, 1.165) is 11.3 Å². The zero-order valence-electron chi connectivity index (χ0n) is 12.0. The van der Waals surface area contributed by atoms with Crippen LogP contribution >= 0.6 is 0 Å². The maximum absolute atomic E-state index is 12.2. The van der Waals surface area contributed by atoms with Crippen LogP contribution in [0.25, 0.3) is 0 Å². The van der Waals surface area contributed by atoms with Crippen LogP contribution < -0.4 is 10.0 Å². The molecule has 1 aliphatic heterocycles. The number of sulfonamides is 1. The van der Waals surface area contributed by atoms with E-state index in [-0.39, 0.29) is 10.8 Å². The van der Waals surface area contributed by atoms with Gasteiger partial charge in [-0.2, -0.15) is 0 Å². The number of nitrogens with two attached hydrogens (primary N) is 1. The van der Waals surface area contributed by atoms with Crippen LogP contribution in [-0.4, -0.2) is 34.1 Å². The monoisotopic (exact) mass is 312 g/mol. The molecule has 0 atom stereocenters. The van der Waals surface area contributed by atoms with Crippen molar-refractivity contribution in [1.29, 1.82) is 0 Å². The number of fused-ring (bicyclic) bond motifs is 1. The number of carbonyl (C=O) groups is 1. The molecular weight excluding hydrogens is 292 g/mol. The molecule has 21 heavy (non-hydrogen) atoms. The molecule has 0 spiro atoms. The van der Waals surface area contributed by atoms with E-state index in [1.807, 2.05) is 6.92 Å². The number of nitrogens with zero attached hydrogens (tertiary/aromatic N) is 1. The van der Waals surface area contributed by atoms with Crippen molar-refractivity contribution in [2.45, 2.75) is 31.1 Å². The standard InChI is InChI=1S/C14H20N2O4S/c1-2-20-9-3-4-14(17)16-8-7-11-10-12(21(15,18)19)5-6-13(11)16/h5-6,10H,2-4,7-9H2,1H3,(H2,15,18,19). The van der Waals surface area contributed by atoms with E-state index in [9.17, 15) is 13.2 Å². The van der Waals surface area contributed by atoms with Gasteiger partial charge in [-0.05, 0) is 43.5 Å². The number of anilines is 1. The van der Waals surface area contributed by atoms with Gasteiger partial charge in [0.1, 0.15) is 0 Å². The van der Waals surface area contributed by atoms with E-state index < -0.39 is 10.0 Å². The lowest BCUT2D eigenvalue weighted by atomic mass is 10.2. The number of rotatable bonds is 6. The minimum Gasteiger partial charge on any atom is -0.382 e. The van der Waals surface area contributed by atoms with Gasteiger partial charge in [-0.15, -0.1) is 0 Å². The number of ether oxygens (including phenoxy) is 1.